The second-order valence-electron chi connectivity index (χ2n) is 17.2. The molecule has 0 bridgehead atoms. The van der Waals surface area contributed by atoms with Gasteiger partial charge in [-0.25, -0.2) is 9.59 Å². The van der Waals surface area contributed by atoms with Gasteiger partial charge in [0.15, 0.2) is 5.79 Å². The molecule has 1 saturated heterocycles. The highest BCUT2D eigenvalue weighted by molar-refractivity contribution is 5.89. The molecular formula is C43H58O6. The smallest absolute Gasteiger partial charge is 0.338 e. The van der Waals surface area contributed by atoms with E-state index < -0.39 is 5.79 Å². The standard InChI is InChI=1S/C43H58O6/c1-28(2)36(48-39(44)30-12-8-6-9-13-30)19-16-29(3)33-17-18-34-38-35(20-21-42(33,34)5)41(4)22-23-43(46-24-25-47-43)27-32(41)26-37(38)49-40(45)31-14-10-7-11-15-31/h6-15,28-29,32-38H,16-27H2,1-5H3/t29-,32+,33-,34?,35?,36-,37?,38?,41+,42-/m1/s1. The predicted octanol–water partition coefficient (Wildman–Crippen LogP) is 9.52. The van der Waals surface area contributed by atoms with Gasteiger partial charge < -0.3 is 18.9 Å². The predicted molar refractivity (Wildman–Crippen MR) is 190 cm³/mol. The van der Waals surface area contributed by atoms with Gasteiger partial charge >= 0.3 is 11.9 Å². The van der Waals surface area contributed by atoms with Crippen molar-refractivity contribution in [3.63, 3.8) is 0 Å². The average Bonchev–Trinajstić information content (AvgIpc) is 3.71. The minimum atomic E-state index is -0.453. The van der Waals surface area contributed by atoms with Crippen molar-refractivity contribution in [3.05, 3.63) is 71.8 Å². The van der Waals surface area contributed by atoms with E-state index in [1.165, 1.54) is 25.7 Å². The normalized spacial score (nSPS) is 36.0. The number of fused-ring (bicyclic) bond motifs is 5. The molecule has 0 amide bonds. The molecule has 266 valence electrons. The minimum Gasteiger partial charge on any atom is -0.459 e. The molecule has 4 unspecified atom stereocenters. The van der Waals surface area contributed by atoms with Crippen molar-refractivity contribution < 1.29 is 28.5 Å². The van der Waals surface area contributed by atoms with E-state index in [4.69, 9.17) is 18.9 Å². The van der Waals surface area contributed by atoms with Gasteiger partial charge in [0, 0.05) is 18.8 Å². The number of ether oxygens (including phenoxy) is 4. The maximum atomic E-state index is 13.7. The number of carbonyl (C=O) groups is 2. The molecule has 6 nitrogen and oxygen atoms in total. The number of hydrogen-bond acceptors (Lipinski definition) is 6. The molecule has 1 spiro atoms. The van der Waals surface area contributed by atoms with E-state index in [9.17, 15) is 9.59 Å². The Morgan fingerprint density at radius 3 is 2.06 bits per heavy atom. The molecule has 49 heavy (non-hydrogen) atoms. The molecule has 2 aromatic rings. The first-order chi connectivity index (χ1) is 23.5. The van der Waals surface area contributed by atoms with E-state index >= 15 is 0 Å². The summed E-state index contributed by atoms with van der Waals surface area (Å²) < 4.78 is 25.3. The summed E-state index contributed by atoms with van der Waals surface area (Å²) in [6.07, 6.45) is 10.4. The van der Waals surface area contributed by atoms with Gasteiger partial charge in [-0.15, -0.1) is 0 Å². The molecule has 5 aliphatic rings. The third-order valence-electron chi connectivity index (χ3n) is 14.4. The van der Waals surface area contributed by atoms with Crippen LogP contribution in [0.15, 0.2) is 60.7 Å². The van der Waals surface area contributed by atoms with E-state index in [0.717, 1.165) is 38.5 Å². The Labute approximate surface area is 294 Å². The summed E-state index contributed by atoms with van der Waals surface area (Å²) >= 11 is 0. The number of esters is 2. The second-order valence-corrected chi connectivity index (χ2v) is 17.2. The maximum Gasteiger partial charge on any atom is 0.338 e. The fraction of sp³-hybridized carbons (Fsp3) is 0.674. The first kappa shape index (κ1) is 34.7. The van der Waals surface area contributed by atoms with Gasteiger partial charge in [0.25, 0.3) is 0 Å². The lowest BCUT2D eigenvalue weighted by atomic mass is 9.43. The van der Waals surface area contributed by atoms with Crippen LogP contribution in [0.5, 0.6) is 0 Å². The van der Waals surface area contributed by atoms with Crippen LogP contribution in [0.1, 0.15) is 120 Å². The maximum absolute atomic E-state index is 13.7. The lowest BCUT2D eigenvalue weighted by Gasteiger charge is -2.63. The highest BCUT2D eigenvalue weighted by atomic mass is 16.7. The quantitative estimate of drug-likeness (QED) is 0.248. The number of rotatable bonds is 9. The van der Waals surface area contributed by atoms with Crippen molar-refractivity contribution in [2.45, 2.75) is 117 Å². The van der Waals surface area contributed by atoms with Crippen molar-refractivity contribution in [2.75, 3.05) is 13.2 Å². The Morgan fingerprint density at radius 1 is 0.776 bits per heavy atom. The number of benzene rings is 2. The summed E-state index contributed by atoms with van der Waals surface area (Å²) in [7, 11) is 0. The third kappa shape index (κ3) is 6.50. The summed E-state index contributed by atoms with van der Waals surface area (Å²) in [5.74, 6) is 2.32. The van der Waals surface area contributed by atoms with E-state index in [-0.39, 0.29) is 40.9 Å². The third-order valence-corrected chi connectivity index (χ3v) is 14.4. The van der Waals surface area contributed by atoms with Gasteiger partial charge in [-0.3, -0.25) is 0 Å². The van der Waals surface area contributed by atoms with Gasteiger partial charge in [-0.05, 0) is 122 Å². The molecule has 10 atom stereocenters. The summed E-state index contributed by atoms with van der Waals surface area (Å²) in [6.45, 7) is 13.2. The first-order valence-corrected chi connectivity index (χ1v) is 19.3. The van der Waals surface area contributed by atoms with Gasteiger partial charge in [-0.2, -0.15) is 0 Å². The van der Waals surface area contributed by atoms with Gasteiger partial charge in [0.05, 0.1) is 24.3 Å². The van der Waals surface area contributed by atoms with Crippen molar-refractivity contribution in [2.24, 2.45) is 52.3 Å². The highest BCUT2D eigenvalue weighted by Gasteiger charge is 2.65. The van der Waals surface area contributed by atoms with Gasteiger partial charge in [0.2, 0.25) is 0 Å². The molecule has 1 heterocycles. The lowest BCUT2D eigenvalue weighted by molar-refractivity contribution is -0.242. The van der Waals surface area contributed by atoms with Crippen LogP contribution in [0.4, 0.5) is 0 Å². The van der Waals surface area contributed by atoms with Gasteiger partial charge in [-0.1, -0.05) is 71.0 Å². The number of carbonyl (C=O) groups excluding carboxylic acids is 2. The second kappa shape index (κ2) is 13.8. The van der Waals surface area contributed by atoms with Crippen molar-refractivity contribution in [1.29, 1.82) is 0 Å². The fourth-order valence-electron chi connectivity index (χ4n) is 11.7. The van der Waals surface area contributed by atoms with Crippen molar-refractivity contribution in [3.8, 4) is 0 Å². The monoisotopic (exact) mass is 670 g/mol. The van der Waals surface area contributed by atoms with E-state index in [0.29, 0.717) is 59.8 Å². The zero-order chi connectivity index (χ0) is 34.4. The van der Waals surface area contributed by atoms with Crippen LogP contribution in [-0.4, -0.2) is 43.1 Å². The van der Waals surface area contributed by atoms with Crippen LogP contribution in [0, 0.1) is 52.3 Å². The Hall–Kier alpha value is -2.70. The largest absolute Gasteiger partial charge is 0.459 e. The Morgan fingerprint density at radius 2 is 1.41 bits per heavy atom. The van der Waals surface area contributed by atoms with E-state index in [2.05, 4.69) is 34.6 Å². The topological polar surface area (TPSA) is 71.1 Å². The SMILES string of the molecule is CC(C)[C@@H](CC[C@@H](C)[C@H]1CCC2C3C(OC(=O)c4ccccc4)C[C@H]4CC5(CC[C@]4(C)C3CC[C@@]21C)OCCO5)OC(=O)c1ccccc1. The summed E-state index contributed by atoms with van der Waals surface area (Å²) in [5.41, 5.74) is 1.65. The average molecular weight is 671 g/mol. The Bertz CT molecular complexity index is 1450. The molecule has 1 aliphatic heterocycles. The van der Waals surface area contributed by atoms with Crippen LogP contribution < -0.4 is 0 Å². The molecule has 6 heteroatoms. The summed E-state index contributed by atoms with van der Waals surface area (Å²) in [4.78, 5) is 26.6. The summed E-state index contributed by atoms with van der Waals surface area (Å²) in [6, 6.07) is 18.9. The summed E-state index contributed by atoms with van der Waals surface area (Å²) in [5, 5.41) is 0. The van der Waals surface area contributed by atoms with Crippen LogP contribution in [0.25, 0.3) is 0 Å². The van der Waals surface area contributed by atoms with Crippen LogP contribution in [0.3, 0.4) is 0 Å². The molecule has 0 N–H and O–H groups in total. The molecule has 0 aromatic heterocycles. The Kier molecular flexibility index (Phi) is 9.77. The molecule has 0 radical (unpaired) electrons. The molecular weight excluding hydrogens is 612 g/mol. The van der Waals surface area contributed by atoms with E-state index in [1.54, 1.807) is 0 Å². The molecule has 7 rings (SSSR count). The van der Waals surface area contributed by atoms with Gasteiger partial charge in [0.1, 0.15) is 12.2 Å². The zero-order valence-electron chi connectivity index (χ0n) is 30.4. The highest BCUT2D eigenvalue weighted by Crippen LogP contribution is 2.69. The van der Waals surface area contributed by atoms with E-state index in [1.807, 2.05) is 60.7 Å². The first-order valence-electron chi connectivity index (χ1n) is 19.3. The molecule has 4 saturated carbocycles. The molecule has 2 aromatic carbocycles. The minimum absolute atomic E-state index is 0.102. The Balaban J connectivity index is 1.09. The van der Waals surface area contributed by atoms with Crippen molar-refractivity contribution >= 4 is 11.9 Å². The lowest BCUT2D eigenvalue weighted by Crippen LogP contribution is -2.60. The van der Waals surface area contributed by atoms with Crippen LogP contribution in [-0.2, 0) is 18.9 Å². The zero-order valence-corrected chi connectivity index (χ0v) is 30.4. The molecule has 4 aliphatic carbocycles. The van der Waals surface area contributed by atoms with Crippen molar-refractivity contribution in [1.82, 2.24) is 0 Å². The van der Waals surface area contributed by atoms with Crippen LogP contribution >= 0.6 is 0 Å². The fourth-order valence-corrected chi connectivity index (χ4v) is 11.7. The molecule has 5 fully saturated rings. The number of hydrogen-bond donors (Lipinski definition) is 0. The van der Waals surface area contributed by atoms with Crippen LogP contribution in [0.2, 0.25) is 0 Å².